The Balaban J connectivity index is 1.49. The molecule has 0 radical (unpaired) electrons. The molecular weight excluding hydrogens is 560 g/mol. The number of rotatable bonds is 7. The van der Waals surface area contributed by atoms with Crippen LogP contribution in [0, 0.1) is 20.8 Å². The van der Waals surface area contributed by atoms with Crippen LogP contribution in [0.15, 0.2) is 90.5 Å². The number of ether oxygens (including phenoxy) is 2. The number of aryl methyl sites for hydroxylation is 3. The highest BCUT2D eigenvalue weighted by Crippen LogP contribution is 2.46. The van der Waals surface area contributed by atoms with Crippen LogP contribution in [0.5, 0.6) is 11.5 Å². The summed E-state index contributed by atoms with van der Waals surface area (Å²) < 4.78 is 12.7. The summed E-state index contributed by atoms with van der Waals surface area (Å²) in [6.45, 7) is 6.26. The van der Waals surface area contributed by atoms with Crippen LogP contribution in [0.4, 0.5) is 5.13 Å². The molecule has 0 aliphatic carbocycles. The number of carbonyl (C=O) groups is 2. The van der Waals surface area contributed by atoms with E-state index >= 15 is 0 Å². The first-order chi connectivity index (χ1) is 20.7. The van der Waals surface area contributed by atoms with E-state index in [-0.39, 0.29) is 11.3 Å². The normalized spacial score (nSPS) is 16.2. The zero-order valence-electron chi connectivity index (χ0n) is 24.3. The standard InChI is InChI=1S/C35H30N2O5S/c1-20-10-12-24(13-11-20)32(38)29-31(25-14-15-26(27(18-25)41-4)42-19-23-8-6-5-7-9-23)37(34(40)33(29)39)35-36-30-22(3)16-21(2)17-28(30)43-35/h5-18,31,38H,19H2,1-4H3. The van der Waals surface area contributed by atoms with E-state index in [4.69, 9.17) is 14.5 Å². The zero-order chi connectivity index (χ0) is 30.2. The highest BCUT2D eigenvalue weighted by molar-refractivity contribution is 7.22. The monoisotopic (exact) mass is 590 g/mol. The van der Waals surface area contributed by atoms with Gasteiger partial charge in [0.05, 0.1) is 28.9 Å². The molecule has 2 heterocycles. The Morgan fingerprint density at radius 1 is 0.907 bits per heavy atom. The smallest absolute Gasteiger partial charge is 0.301 e. The van der Waals surface area contributed by atoms with Crippen molar-refractivity contribution in [3.63, 3.8) is 0 Å². The molecule has 1 aromatic heterocycles. The van der Waals surface area contributed by atoms with Crippen LogP contribution in [0.1, 0.15) is 39.4 Å². The number of hydrogen-bond acceptors (Lipinski definition) is 7. The Morgan fingerprint density at radius 2 is 1.65 bits per heavy atom. The van der Waals surface area contributed by atoms with E-state index in [2.05, 4.69) is 0 Å². The first-order valence-electron chi connectivity index (χ1n) is 13.9. The van der Waals surface area contributed by atoms with Gasteiger partial charge in [-0.05, 0) is 61.2 Å². The number of fused-ring (bicyclic) bond motifs is 1. The number of carbonyl (C=O) groups excluding carboxylic acids is 2. The van der Waals surface area contributed by atoms with E-state index in [0.717, 1.165) is 32.5 Å². The van der Waals surface area contributed by atoms with Crippen molar-refractivity contribution in [2.45, 2.75) is 33.4 Å². The Kier molecular flexibility index (Phi) is 7.46. The van der Waals surface area contributed by atoms with Gasteiger partial charge in [-0.25, -0.2) is 4.98 Å². The Labute approximate surface area is 253 Å². The molecule has 1 unspecified atom stereocenters. The molecule has 0 bridgehead atoms. The molecule has 0 saturated carbocycles. The lowest BCUT2D eigenvalue weighted by Gasteiger charge is -2.24. The van der Waals surface area contributed by atoms with Crippen molar-refractivity contribution < 1.29 is 24.2 Å². The average Bonchev–Trinajstić information content (AvgIpc) is 3.54. The van der Waals surface area contributed by atoms with Crippen LogP contribution in [0.25, 0.3) is 16.0 Å². The topological polar surface area (TPSA) is 89.0 Å². The molecule has 1 fully saturated rings. The first-order valence-corrected chi connectivity index (χ1v) is 14.7. The van der Waals surface area contributed by atoms with E-state index in [1.54, 1.807) is 30.3 Å². The molecule has 0 spiro atoms. The van der Waals surface area contributed by atoms with Gasteiger partial charge < -0.3 is 14.6 Å². The third kappa shape index (κ3) is 5.26. The predicted molar refractivity (Wildman–Crippen MR) is 169 cm³/mol. The number of aromatic nitrogens is 1. The van der Waals surface area contributed by atoms with Crippen LogP contribution in [-0.4, -0.2) is 28.9 Å². The summed E-state index contributed by atoms with van der Waals surface area (Å²) in [6, 6.07) is 25.4. The van der Waals surface area contributed by atoms with Crippen molar-refractivity contribution in [2.24, 2.45) is 0 Å². The quantitative estimate of drug-likeness (QED) is 0.120. The van der Waals surface area contributed by atoms with Gasteiger partial charge in [-0.15, -0.1) is 0 Å². The largest absolute Gasteiger partial charge is 0.507 e. The molecule has 1 N–H and O–H groups in total. The molecule has 1 atom stereocenters. The minimum atomic E-state index is -0.944. The van der Waals surface area contributed by atoms with Gasteiger partial charge in [0.1, 0.15) is 12.4 Å². The van der Waals surface area contributed by atoms with E-state index in [1.807, 2.05) is 75.4 Å². The van der Waals surface area contributed by atoms with Crippen molar-refractivity contribution >= 4 is 44.1 Å². The van der Waals surface area contributed by atoms with E-state index in [0.29, 0.717) is 34.4 Å². The first kappa shape index (κ1) is 28.2. The highest BCUT2D eigenvalue weighted by atomic mass is 32.1. The van der Waals surface area contributed by atoms with Gasteiger partial charge in [0.15, 0.2) is 16.6 Å². The summed E-state index contributed by atoms with van der Waals surface area (Å²) >= 11 is 1.34. The molecule has 1 saturated heterocycles. The number of aliphatic hydroxyl groups excluding tert-OH is 1. The number of anilines is 1. The molecule has 4 aromatic carbocycles. The number of thiazole rings is 1. The van der Waals surface area contributed by atoms with Crippen LogP contribution in [-0.2, 0) is 16.2 Å². The fourth-order valence-corrected chi connectivity index (χ4v) is 6.55. The summed E-state index contributed by atoms with van der Waals surface area (Å²) in [7, 11) is 1.54. The second-order valence-electron chi connectivity index (χ2n) is 10.6. The molecule has 216 valence electrons. The number of aliphatic hydroxyl groups is 1. The van der Waals surface area contributed by atoms with Gasteiger partial charge in [0, 0.05) is 5.56 Å². The molecule has 1 aliphatic heterocycles. The fraction of sp³-hybridized carbons (Fsp3) is 0.171. The van der Waals surface area contributed by atoms with Crippen molar-refractivity contribution in [2.75, 3.05) is 12.0 Å². The maximum Gasteiger partial charge on any atom is 0.301 e. The number of methoxy groups -OCH3 is 1. The molecular formula is C35H30N2O5S. The van der Waals surface area contributed by atoms with E-state index in [9.17, 15) is 14.7 Å². The number of ketones is 1. The molecule has 8 heteroatoms. The second kappa shape index (κ2) is 11.4. The lowest BCUT2D eigenvalue weighted by Crippen LogP contribution is -2.29. The highest BCUT2D eigenvalue weighted by Gasteiger charge is 2.48. The number of amides is 1. The molecule has 43 heavy (non-hydrogen) atoms. The lowest BCUT2D eigenvalue weighted by atomic mass is 9.95. The van der Waals surface area contributed by atoms with Crippen molar-refractivity contribution in [3.8, 4) is 11.5 Å². The average molecular weight is 591 g/mol. The van der Waals surface area contributed by atoms with Gasteiger partial charge in [0.2, 0.25) is 0 Å². The molecule has 6 rings (SSSR count). The van der Waals surface area contributed by atoms with Crippen LogP contribution in [0.3, 0.4) is 0 Å². The predicted octanol–water partition coefficient (Wildman–Crippen LogP) is 7.44. The van der Waals surface area contributed by atoms with Gasteiger partial charge >= 0.3 is 5.91 Å². The number of Topliss-reactive ketones (excluding diaryl/α,β-unsaturated/α-hetero) is 1. The number of benzene rings is 4. The molecule has 5 aromatic rings. The third-order valence-corrected chi connectivity index (χ3v) is 8.54. The van der Waals surface area contributed by atoms with Crippen molar-refractivity contribution in [3.05, 3.63) is 124 Å². The summed E-state index contributed by atoms with van der Waals surface area (Å²) in [5.74, 6) is -0.835. The van der Waals surface area contributed by atoms with Gasteiger partial charge in [0.25, 0.3) is 5.78 Å². The summed E-state index contributed by atoms with van der Waals surface area (Å²) in [5, 5.41) is 11.9. The van der Waals surface area contributed by atoms with Gasteiger partial charge in [-0.2, -0.15) is 0 Å². The third-order valence-electron chi connectivity index (χ3n) is 7.53. The Hall–Kier alpha value is -4.95. The van der Waals surface area contributed by atoms with Crippen molar-refractivity contribution in [1.82, 2.24) is 4.98 Å². The van der Waals surface area contributed by atoms with Crippen LogP contribution < -0.4 is 14.4 Å². The fourth-order valence-electron chi connectivity index (χ4n) is 5.38. The minimum absolute atomic E-state index is 0.0129. The maximum atomic E-state index is 13.7. The van der Waals surface area contributed by atoms with Crippen LogP contribution in [0.2, 0.25) is 0 Å². The molecule has 1 amide bonds. The van der Waals surface area contributed by atoms with E-state index < -0.39 is 17.7 Å². The van der Waals surface area contributed by atoms with Gasteiger partial charge in [-0.3, -0.25) is 14.5 Å². The minimum Gasteiger partial charge on any atom is -0.507 e. The Bertz CT molecular complexity index is 1890. The van der Waals surface area contributed by atoms with E-state index in [1.165, 1.54) is 23.3 Å². The Morgan fingerprint density at radius 3 is 2.37 bits per heavy atom. The SMILES string of the molecule is COc1cc(C2C(=C(O)c3ccc(C)cc3)C(=O)C(=O)N2c2nc3c(C)cc(C)cc3s2)ccc1OCc1ccccc1. The maximum absolute atomic E-state index is 13.7. The van der Waals surface area contributed by atoms with Crippen molar-refractivity contribution in [1.29, 1.82) is 0 Å². The molecule has 7 nitrogen and oxygen atoms in total. The molecule has 1 aliphatic rings. The summed E-state index contributed by atoms with van der Waals surface area (Å²) in [4.78, 5) is 33.6. The number of hydrogen-bond donors (Lipinski definition) is 1. The number of nitrogens with zero attached hydrogens (tertiary/aromatic N) is 2. The zero-order valence-corrected chi connectivity index (χ0v) is 25.1. The lowest BCUT2D eigenvalue weighted by molar-refractivity contribution is -0.132. The second-order valence-corrected chi connectivity index (χ2v) is 11.7. The summed E-state index contributed by atoms with van der Waals surface area (Å²) in [6.07, 6.45) is 0. The summed E-state index contributed by atoms with van der Waals surface area (Å²) in [5.41, 5.74) is 5.84. The van der Waals surface area contributed by atoms with Crippen LogP contribution >= 0.6 is 11.3 Å². The van der Waals surface area contributed by atoms with Gasteiger partial charge in [-0.1, -0.05) is 83.6 Å².